The van der Waals surface area contributed by atoms with Crippen molar-refractivity contribution < 1.29 is 19.1 Å². The number of aryl methyl sites for hydroxylation is 1. The van der Waals surface area contributed by atoms with E-state index in [2.05, 4.69) is 16.2 Å². The van der Waals surface area contributed by atoms with Gasteiger partial charge in [0, 0.05) is 16.1 Å². The van der Waals surface area contributed by atoms with Crippen LogP contribution in [0.1, 0.15) is 36.7 Å². The molecule has 8 heteroatoms. The fourth-order valence-corrected chi connectivity index (χ4v) is 2.84. The maximum Gasteiger partial charge on any atom is 0.412 e. The minimum absolute atomic E-state index is 0.183. The third-order valence-electron chi connectivity index (χ3n) is 3.50. The first-order valence-electron chi connectivity index (χ1n) is 9.01. The molecule has 3 N–H and O–H groups in total. The van der Waals surface area contributed by atoms with E-state index in [0.29, 0.717) is 11.3 Å². The van der Waals surface area contributed by atoms with Crippen LogP contribution in [0, 0.1) is 6.92 Å². The van der Waals surface area contributed by atoms with Gasteiger partial charge < -0.3 is 4.74 Å². The zero-order valence-electron chi connectivity index (χ0n) is 16.9. The van der Waals surface area contributed by atoms with Gasteiger partial charge in [0.1, 0.15) is 5.60 Å². The molecule has 0 aliphatic heterocycles. The van der Waals surface area contributed by atoms with Crippen LogP contribution < -0.4 is 16.2 Å². The van der Waals surface area contributed by atoms with E-state index in [1.807, 2.05) is 31.2 Å². The van der Waals surface area contributed by atoms with Crippen LogP contribution in [-0.4, -0.2) is 29.3 Å². The molecule has 0 spiro atoms. The Morgan fingerprint density at radius 1 is 0.931 bits per heavy atom. The molecule has 0 saturated carbocycles. The predicted octanol–water partition coefficient (Wildman–Crippen LogP) is 3.90. The zero-order valence-corrected chi connectivity index (χ0v) is 17.7. The Bertz CT molecular complexity index is 859. The Balaban J connectivity index is 1.77. The lowest BCUT2D eigenvalue weighted by Gasteiger charge is -2.19. The molecule has 0 bridgehead atoms. The fourth-order valence-electron chi connectivity index (χ4n) is 2.14. The summed E-state index contributed by atoms with van der Waals surface area (Å²) in [4.78, 5) is 36.8. The number of carbonyl (C=O) groups excluding carboxylic acids is 3. The summed E-state index contributed by atoms with van der Waals surface area (Å²) in [5, 5.41) is 2.59. The lowest BCUT2D eigenvalue weighted by molar-refractivity contribution is -0.119. The zero-order chi connectivity index (χ0) is 21.4. The number of benzene rings is 2. The fraction of sp³-hybridized carbons (Fsp3) is 0.286. The van der Waals surface area contributed by atoms with E-state index >= 15 is 0 Å². The van der Waals surface area contributed by atoms with Gasteiger partial charge in [-0.05, 0) is 64.1 Å². The van der Waals surface area contributed by atoms with Gasteiger partial charge in [0.2, 0.25) is 5.91 Å². The van der Waals surface area contributed by atoms with Crippen LogP contribution in [0.15, 0.2) is 53.4 Å². The van der Waals surface area contributed by atoms with Crippen molar-refractivity contribution in [1.29, 1.82) is 0 Å². The minimum atomic E-state index is -0.597. The number of thioether (sulfide) groups is 1. The number of hydrogen-bond acceptors (Lipinski definition) is 5. The molecule has 0 aliphatic carbocycles. The molecule has 0 fully saturated rings. The summed E-state index contributed by atoms with van der Waals surface area (Å²) in [5.41, 5.74) is 6.15. The minimum Gasteiger partial charge on any atom is -0.444 e. The predicted molar refractivity (Wildman–Crippen MR) is 114 cm³/mol. The van der Waals surface area contributed by atoms with E-state index in [1.54, 1.807) is 32.9 Å². The van der Waals surface area contributed by atoms with Crippen LogP contribution in [0.25, 0.3) is 0 Å². The number of hydrazine groups is 1. The second-order valence-electron chi connectivity index (χ2n) is 7.31. The Morgan fingerprint density at radius 3 is 2.14 bits per heavy atom. The summed E-state index contributed by atoms with van der Waals surface area (Å²) < 4.78 is 5.17. The highest BCUT2D eigenvalue weighted by Crippen LogP contribution is 2.17. The van der Waals surface area contributed by atoms with Crippen LogP contribution in [0.4, 0.5) is 10.5 Å². The molecule has 2 aromatic rings. The molecule has 0 saturated heterocycles. The van der Waals surface area contributed by atoms with Crippen molar-refractivity contribution in [1.82, 2.24) is 10.9 Å². The van der Waals surface area contributed by atoms with Crippen molar-refractivity contribution in [2.45, 2.75) is 38.2 Å². The molecule has 0 heterocycles. The number of amides is 3. The highest BCUT2D eigenvalue weighted by atomic mass is 32.2. The van der Waals surface area contributed by atoms with Crippen molar-refractivity contribution in [3.8, 4) is 0 Å². The third kappa shape index (κ3) is 8.27. The van der Waals surface area contributed by atoms with E-state index in [9.17, 15) is 14.4 Å². The average molecular weight is 416 g/mol. The number of carbonyl (C=O) groups is 3. The molecule has 0 aromatic heterocycles. The van der Waals surface area contributed by atoms with Crippen LogP contribution in [-0.2, 0) is 9.53 Å². The van der Waals surface area contributed by atoms with Crippen molar-refractivity contribution in [2.75, 3.05) is 11.1 Å². The number of nitrogens with one attached hydrogen (secondary N) is 3. The molecule has 7 nitrogen and oxygen atoms in total. The Kier molecular flexibility index (Phi) is 7.67. The number of anilines is 1. The second-order valence-corrected chi connectivity index (χ2v) is 8.36. The van der Waals surface area contributed by atoms with Crippen LogP contribution in [0.2, 0.25) is 0 Å². The van der Waals surface area contributed by atoms with Gasteiger partial charge in [0.15, 0.2) is 0 Å². The van der Waals surface area contributed by atoms with Gasteiger partial charge in [-0.25, -0.2) is 4.79 Å². The molecule has 0 atom stereocenters. The standard InChI is InChI=1S/C21H25N3O4S/c1-14-5-11-17(12-6-14)29-13-18(25)23-24-19(26)15-7-9-16(10-8-15)22-20(27)28-21(2,3)4/h5-12H,13H2,1-4H3,(H,22,27)(H,23,25)(H,24,26). The summed E-state index contributed by atoms with van der Waals surface area (Å²) in [6.07, 6.45) is -0.576. The topological polar surface area (TPSA) is 96.5 Å². The molecule has 2 rings (SSSR count). The van der Waals surface area contributed by atoms with Gasteiger partial charge in [-0.1, -0.05) is 17.7 Å². The molecular weight excluding hydrogens is 390 g/mol. The van der Waals surface area contributed by atoms with Gasteiger partial charge in [0.25, 0.3) is 5.91 Å². The van der Waals surface area contributed by atoms with E-state index in [-0.39, 0.29) is 11.7 Å². The molecule has 3 amide bonds. The first kappa shape index (κ1) is 22.3. The summed E-state index contributed by atoms with van der Waals surface area (Å²) >= 11 is 1.38. The smallest absolute Gasteiger partial charge is 0.412 e. The van der Waals surface area contributed by atoms with Gasteiger partial charge >= 0.3 is 6.09 Å². The Labute approximate surface area is 174 Å². The first-order chi connectivity index (χ1) is 13.6. The van der Waals surface area contributed by atoms with Crippen molar-refractivity contribution in [3.05, 3.63) is 59.7 Å². The van der Waals surface area contributed by atoms with E-state index in [4.69, 9.17) is 4.74 Å². The quantitative estimate of drug-likeness (QED) is 0.508. The molecule has 2 aromatic carbocycles. The monoisotopic (exact) mass is 415 g/mol. The van der Waals surface area contributed by atoms with Crippen molar-refractivity contribution in [3.63, 3.8) is 0 Å². The molecule has 0 radical (unpaired) electrons. The second kappa shape index (κ2) is 9.97. The molecular formula is C21H25N3O4S. The van der Waals surface area contributed by atoms with E-state index < -0.39 is 17.6 Å². The number of ether oxygens (including phenoxy) is 1. The van der Waals surface area contributed by atoms with Crippen LogP contribution >= 0.6 is 11.8 Å². The Morgan fingerprint density at radius 2 is 1.55 bits per heavy atom. The summed E-state index contributed by atoms with van der Waals surface area (Å²) in [6, 6.07) is 14.1. The van der Waals surface area contributed by atoms with E-state index in [1.165, 1.54) is 23.9 Å². The largest absolute Gasteiger partial charge is 0.444 e. The van der Waals surface area contributed by atoms with Crippen LogP contribution in [0.3, 0.4) is 0 Å². The van der Waals surface area contributed by atoms with Gasteiger partial charge in [-0.2, -0.15) is 0 Å². The van der Waals surface area contributed by atoms with Crippen molar-refractivity contribution >= 4 is 35.4 Å². The lowest BCUT2D eigenvalue weighted by Crippen LogP contribution is -2.42. The molecule has 0 aliphatic rings. The summed E-state index contributed by atoms with van der Waals surface area (Å²) in [7, 11) is 0. The van der Waals surface area contributed by atoms with Gasteiger partial charge in [0.05, 0.1) is 5.75 Å². The number of hydrogen-bond donors (Lipinski definition) is 3. The highest BCUT2D eigenvalue weighted by molar-refractivity contribution is 8.00. The SMILES string of the molecule is Cc1ccc(SCC(=O)NNC(=O)c2ccc(NC(=O)OC(C)(C)C)cc2)cc1. The maximum atomic E-state index is 12.1. The Hall–Kier alpha value is -3.00. The maximum absolute atomic E-state index is 12.1. The highest BCUT2D eigenvalue weighted by Gasteiger charge is 2.16. The van der Waals surface area contributed by atoms with Crippen molar-refractivity contribution in [2.24, 2.45) is 0 Å². The molecule has 154 valence electrons. The van der Waals surface area contributed by atoms with Gasteiger partial charge in [-0.15, -0.1) is 11.8 Å². The average Bonchev–Trinajstić information content (AvgIpc) is 2.64. The van der Waals surface area contributed by atoms with Crippen LogP contribution in [0.5, 0.6) is 0 Å². The van der Waals surface area contributed by atoms with Gasteiger partial charge in [-0.3, -0.25) is 25.8 Å². The first-order valence-corrected chi connectivity index (χ1v) is 10.00. The summed E-state index contributed by atoms with van der Waals surface area (Å²) in [6.45, 7) is 7.31. The van der Waals surface area contributed by atoms with E-state index in [0.717, 1.165) is 10.5 Å². The molecule has 29 heavy (non-hydrogen) atoms. The lowest BCUT2D eigenvalue weighted by atomic mass is 10.2. The third-order valence-corrected chi connectivity index (χ3v) is 4.51. The summed E-state index contributed by atoms with van der Waals surface area (Å²) in [5.74, 6) is -0.586. The normalized spacial score (nSPS) is 10.8. The number of rotatable bonds is 5. The molecule has 0 unspecified atom stereocenters.